The number of hydrogen-bond donors (Lipinski definition) is 0. The van der Waals surface area contributed by atoms with Gasteiger partial charge in [0.15, 0.2) is 11.5 Å². The van der Waals surface area contributed by atoms with E-state index in [1.807, 2.05) is 60.5 Å². The number of halogens is 1. The molecule has 0 unspecified atom stereocenters. The molecule has 0 spiro atoms. The Hall–Kier alpha value is -2.92. The molecular formula is C22H19ClN2O3. The Morgan fingerprint density at radius 3 is 2.64 bits per heavy atom. The lowest BCUT2D eigenvalue weighted by atomic mass is 9.97. The molecule has 0 radical (unpaired) electrons. The van der Waals surface area contributed by atoms with E-state index in [0.717, 1.165) is 40.5 Å². The van der Waals surface area contributed by atoms with Gasteiger partial charge in [0.05, 0.1) is 13.2 Å². The number of hydrogen-bond acceptors (Lipinski definition) is 5. The summed E-state index contributed by atoms with van der Waals surface area (Å²) in [7, 11) is 1.65. The quantitative estimate of drug-likeness (QED) is 0.589. The molecule has 28 heavy (non-hydrogen) atoms. The predicted molar refractivity (Wildman–Crippen MR) is 107 cm³/mol. The van der Waals surface area contributed by atoms with Gasteiger partial charge in [0.2, 0.25) is 6.23 Å². The van der Waals surface area contributed by atoms with Crippen molar-refractivity contribution < 1.29 is 13.9 Å². The summed E-state index contributed by atoms with van der Waals surface area (Å²) in [6, 6.07) is 17.6. The van der Waals surface area contributed by atoms with E-state index < -0.39 is 6.23 Å². The molecule has 6 heteroatoms. The van der Waals surface area contributed by atoms with E-state index >= 15 is 0 Å². The van der Waals surface area contributed by atoms with Gasteiger partial charge in [-0.3, -0.25) is 0 Å². The minimum atomic E-state index is -0.448. The van der Waals surface area contributed by atoms with Crippen molar-refractivity contribution >= 4 is 17.3 Å². The van der Waals surface area contributed by atoms with Crippen LogP contribution in [0.5, 0.6) is 11.5 Å². The minimum Gasteiger partial charge on any atom is -0.493 e. The molecule has 0 aliphatic carbocycles. The molecule has 5 rings (SSSR count). The number of ether oxygens (including phenoxy) is 2. The highest BCUT2D eigenvalue weighted by molar-refractivity contribution is 6.31. The molecule has 0 bridgehead atoms. The van der Waals surface area contributed by atoms with Gasteiger partial charge in [-0.2, -0.15) is 5.10 Å². The van der Waals surface area contributed by atoms with Gasteiger partial charge < -0.3 is 13.9 Å². The number of furan rings is 1. The topological polar surface area (TPSA) is 47.2 Å². The average molecular weight is 395 g/mol. The van der Waals surface area contributed by atoms with Crippen LogP contribution >= 0.6 is 11.6 Å². The lowest BCUT2D eigenvalue weighted by Gasteiger charge is -2.38. The second-order valence-electron chi connectivity index (χ2n) is 6.93. The van der Waals surface area contributed by atoms with Gasteiger partial charge in [-0.15, -0.1) is 0 Å². The van der Waals surface area contributed by atoms with Crippen molar-refractivity contribution in [3.8, 4) is 11.5 Å². The Morgan fingerprint density at radius 2 is 1.89 bits per heavy atom. The molecule has 3 heterocycles. The predicted octanol–water partition coefficient (Wildman–Crippen LogP) is 5.49. The van der Waals surface area contributed by atoms with Gasteiger partial charge in [-0.1, -0.05) is 41.9 Å². The van der Waals surface area contributed by atoms with E-state index in [2.05, 4.69) is 6.07 Å². The lowest BCUT2D eigenvalue weighted by molar-refractivity contribution is -0.0208. The van der Waals surface area contributed by atoms with E-state index in [9.17, 15) is 0 Å². The van der Waals surface area contributed by atoms with Gasteiger partial charge in [-0.25, -0.2) is 5.01 Å². The zero-order valence-corrected chi connectivity index (χ0v) is 16.3. The second kappa shape index (κ2) is 6.60. The number of para-hydroxylation sites is 1. The normalized spacial score (nSPS) is 20.2. The minimum absolute atomic E-state index is 0.0144. The zero-order valence-electron chi connectivity index (χ0n) is 15.6. The molecule has 5 nitrogen and oxygen atoms in total. The van der Waals surface area contributed by atoms with E-state index in [4.69, 9.17) is 30.6 Å². The fourth-order valence-electron chi connectivity index (χ4n) is 3.86. The Labute approximate surface area is 168 Å². The van der Waals surface area contributed by atoms with Crippen molar-refractivity contribution in [2.24, 2.45) is 5.10 Å². The summed E-state index contributed by atoms with van der Waals surface area (Å²) in [5.41, 5.74) is 2.81. The number of methoxy groups -OCH3 is 1. The third-order valence-electron chi connectivity index (χ3n) is 5.20. The number of aryl methyl sites for hydroxylation is 1. The smallest absolute Gasteiger partial charge is 0.215 e. The van der Waals surface area contributed by atoms with Crippen molar-refractivity contribution in [1.29, 1.82) is 0 Å². The highest BCUT2D eigenvalue weighted by Gasteiger charge is 2.43. The van der Waals surface area contributed by atoms with E-state index in [-0.39, 0.29) is 6.04 Å². The van der Waals surface area contributed by atoms with Gasteiger partial charge in [0, 0.05) is 22.6 Å². The van der Waals surface area contributed by atoms with Crippen LogP contribution in [0.4, 0.5) is 0 Å². The zero-order chi connectivity index (χ0) is 19.3. The van der Waals surface area contributed by atoms with Gasteiger partial charge in [0.1, 0.15) is 17.2 Å². The van der Waals surface area contributed by atoms with E-state index in [0.29, 0.717) is 10.8 Å². The molecule has 0 saturated heterocycles. The van der Waals surface area contributed by atoms with Crippen molar-refractivity contribution in [1.82, 2.24) is 5.01 Å². The first kappa shape index (κ1) is 17.2. The summed E-state index contributed by atoms with van der Waals surface area (Å²) in [4.78, 5) is 0. The Bertz CT molecular complexity index is 1080. The van der Waals surface area contributed by atoms with Gasteiger partial charge in [0.25, 0.3) is 0 Å². The van der Waals surface area contributed by atoms with E-state index in [1.54, 1.807) is 7.11 Å². The number of nitrogens with zero attached hydrogens (tertiary/aromatic N) is 2. The van der Waals surface area contributed by atoms with Crippen molar-refractivity contribution in [2.75, 3.05) is 7.11 Å². The molecule has 0 N–H and O–H groups in total. The third-order valence-corrected chi connectivity index (χ3v) is 5.54. The summed E-state index contributed by atoms with van der Waals surface area (Å²) < 4.78 is 17.8. The van der Waals surface area contributed by atoms with Crippen LogP contribution in [0.2, 0.25) is 5.02 Å². The second-order valence-corrected chi connectivity index (χ2v) is 7.33. The maximum Gasteiger partial charge on any atom is 0.215 e. The first-order valence-corrected chi connectivity index (χ1v) is 9.54. The molecule has 2 aliphatic rings. The Balaban J connectivity index is 1.65. The summed E-state index contributed by atoms with van der Waals surface area (Å²) >= 11 is 6.50. The van der Waals surface area contributed by atoms with Crippen molar-refractivity contribution in [3.05, 3.63) is 82.3 Å². The summed E-state index contributed by atoms with van der Waals surface area (Å²) in [6.45, 7) is 1.93. The summed E-state index contributed by atoms with van der Waals surface area (Å²) in [5, 5.41) is 7.50. The summed E-state index contributed by atoms with van der Waals surface area (Å²) in [5.74, 6) is 3.09. The van der Waals surface area contributed by atoms with Crippen LogP contribution in [0, 0.1) is 6.92 Å². The maximum atomic E-state index is 6.50. The number of hydrazone groups is 1. The van der Waals surface area contributed by atoms with Gasteiger partial charge >= 0.3 is 0 Å². The first-order valence-electron chi connectivity index (χ1n) is 9.16. The van der Waals surface area contributed by atoms with Crippen molar-refractivity contribution in [2.45, 2.75) is 25.6 Å². The molecule has 1 aromatic heterocycles. The van der Waals surface area contributed by atoms with Crippen LogP contribution in [0.1, 0.15) is 41.3 Å². The van der Waals surface area contributed by atoms with Crippen molar-refractivity contribution in [3.63, 3.8) is 0 Å². The molecular weight excluding hydrogens is 376 g/mol. The lowest BCUT2D eigenvalue weighted by Crippen LogP contribution is -2.34. The van der Waals surface area contributed by atoms with Crippen LogP contribution in [0.15, 0.2) is 64.1 Å². The standard InChI is InChI=1S/C22H19ClN2O3/c1-13-10-11-19(27-13)17-12-18-15-7-5-9-20(26-2)21(15)28-22(25(18)24-17)14-6-3-4-8-16(14)23/h3-11,18,22H,12H2,1-2H3/t18-,22-/m0/s1. The molecule has 0 amide bonds. The highest BCUT2D eigenvalue weighted by Crippen LogP contribution is 2.51. The number of benzene rings is 2. The molecule has 0 fully saturated rings. The maximum absolute atomic E-state index is 6.50. The van der Waals surface area contributed by atoms with Crippen LogP contribution < -0.4 is 9.47 Å². The number of fused-ring (bicyclic) bond motifs is 3. The average Bonchev–Trinajstić information content (AvgIpc) is 3.34. The fourth-order valence-corrected chi connectivity index (χ4v) is 4.09. The Morgan fingerprint density at radius 1 is 1.07 bits per heavy atom. The molecule has 2 aromatic carbocycles. The monoisotopic (exact) mass is 394 g/mol. The van der Waals surface area contributed by atoms with Gasteiger partial charge in [-0.05, 0) is 31.2 Å². The molecule has 2 aliphatic heterocycles. The first-order chi connectivity index (χ1) is 13.7. The molecule has 3 aromatic rings. The van der Waals surface area contributed by atoms with Crippen LogP contribution in [-0.4, -0.2) is 17.8 Å². The number of rotatable bonds is 3. The summed E-state index contributed by atoms with van der Waals surface area (Å²) in [6.07, 6.45) is 0.272. The van der Waals surface area contributed by atoms with Crippen LogP contribution in [0.3, 0.4) is 0 Å². The fraction of sp³-hybridized carbons (Fsp3) is 0.227. The van der Waals surface area contributed by atoms with Crippen LogP contribution in [0.25, 0.3) is 0 Å². The molecule has 0 saturated carbocycles. The molecule has 2 atom stereocenters. The molecule has 142 valence electrons. The SMILES string of the molecule is COc1cccc2c1O[C@@H](c1ccccc1Cl)N1N=C(c3ccc(C)o3)C[C@@H]21. The van der Waals surface area contributed by atoms with Crippen LogP contribution in [-0.2, 0) is 0 Å². The highest BCUT2D eigenvalue weighted by atomic mass is 35.5. The van der Waals surface area contributed by atoms with E-state index in [1.165, 1.54) is 0 Å². The Kier molecular flexibility index (Phi) is 4.05. The largest absolute Gasteiger partial charge is 0.493 e. The third kappa shape index (κ3) is 2.66.